The maximum absolute atomic E-state index is 12.6. The topological polar surface area (TPSA) is 52.7 Å². The number of pyridine rings is 1. The largest absolute Gasteiger partial charge is 0.465 e. The monoisotopic (exact) mass is 294 g/mol. The number of hydrogen-bond acceptors (Lipinski definition) is 3. The van der Waals surface area contributed by atoms with Crippen molar-refractivity contribution in [2.45, 2.75) is 13.5 Å². The van der Waals surface area contributed by atoms with Crippen LogP contribution in [-0.2, 0) is 11.3 Å². The number of carbonyl (C=O) groups excluding carboxylic acids is 1. The molecule has 0 amide bonds. The van der Waals surface area contributed by atoms with Gasteiger partial charge in [0.2, 0.25) is 0 Å². The summed E-state index contributed by atoms with van der Waals surface area (Å²) in [6.45, 7) is 2.52. The summed E-state index contributed by atoms with van der Waals surface area (Å²) in [6.07, 6.45) is 0. The second-order valence-corrected chi connectivity index (χ2v) is 5.26. The van der Waals surface area contributed by atoms with Crippen LogP contribution >= 0.6 is 0 Å². The van der Waals surface area contributed by atoms with Crippen LogP contribution < -0.4 is 5.56 Å². The second-order valence-electron chi connectivity index (χ2n) is 5.26. The van der Waals surface area contributed by atoms with Gasteiger partial charge >= 0.3 is 5.97 Å². The van der Waals surface area contributed by atoms with Crippen LogP contribution in [0.5, 0.6) is 0 Å². The SMILES string of the molecule is CCn1c(=O)c2cc(C(=O)OC)c3ccccc4cc1n2c43. The zero-order chi connectivity index (χ0) is 15.4. The fourth-order valence-corrected chi connectivity index (χ4v) is 3.23. The Balaban J connectivity index is 2.37. The van der Waals surface area contributed by atoms with Crippen LogP contribution in [0.2, 0.25) is 0 Å². The Hall–Kier alpha value is -2.82. The van der Waals surface area contributed by atoms with E-state index in [1.165, 1.54) is 7.11 Å². The van der Waals surface area contributed by atoms with E-state index in [1.54, 1.807) is 10.6 Å². The number of esters is 1. The van der Waals surface area contributed by atoms with Gasteiger partial charge in [0, 0.05) is 17.3 Å². The number of nitrogens with zero attached hydrogens (tertiary/aromatic N) is 2. The zero-order valence-corrected chi connectivity index (χ0v) is 12.3. The first-order valence-corrected chi connectivity index (χ1v) is 7.14. The first kappa shape index (κ1) is 12.9. The van der Waals surface area contributed by atoms with Crippen molar-refractivity contribution in [3.63, 3.8) is 0 Å². The van der Waals surface area contributed by atoms with E-state index in [1.807, 2.05) is 41.7 Å². The lowest BCUT2D eigenvalue weighted by atomic mass is 10.1. The lowest BCUT2D eigenvalue weighted by Crippen LogP contribution is -2.14. The maximum Gasteiger partial charge on any atom is 0.338 e. The summed E-state index contributed by atoms with van der Waals surface area (Å²) in [5.74, 6) is -0.434. The van der Waals surface area contributed by atoms with Gasteiger partial charge in [0.15, 0.2) is 0 Å². The first-order chi connectivity index (χ1) is 10.7. The Morgan fingerprint density at radius 3 is 2.73 bits per heavy atom. The summed E-state index contributed by atoms with van der Waals surface area (Å²) in [7, 11) is 1.35. The van der Waals surface area contributed by atoms with Gasteiger partial charge in [-0.15, -0.1) is 0 Å². The van der Waals surface area contributed by atoms with E-state index in [4.69, 9.17) is 4.74 Å². The van der Waals surface area contributed by atoms with Gasteiger partial charge in [0.1, 0.15) is 11.2 Å². The minimum absolute atomic E-state index is 0.0852. The molecule has 0 aliphatic heterocycles. The van der Waals surface area contributed by atoms with Crippen LogP contribution in [0.15, 0.2) is 41.2 Å². The number of aryl methyl sites for hydroxylation is 1. The molecule has 0 saturated carbocycles. The van der Waals surface area contributed by atoms with Gasteiger partial charge in [0.25, 0.3) is 5.56 Å². The van der Waals surface area contributed by atoms with E-state index in [0.717, 1.165) is 21.9 Å². The molecule has 5 nitrogen and oxygen atoms in total. The van der Waals surface area contributed by atoms with Gasteiger partial charge in [-0.1, -0.05) is 24.3 Å². The molecule has 0 bridgehead atoms. The maximum atomic E-state index is 12.6. The molecule has 3 heterocycles. The average Bonchev–Trinajstić information content (AvgIpc) is 2.93. The smallest absolute Gasteiger partial charge is 0.338 e. The molecule has 0 aliphatic rings. The van der Waals surface area contributed by atoms with Gasteiger partial charge in [-0.3, -0.25) is 13.8 Å². The van der Waals surface area contributed by atoms with Gasteiger partial charge in [0.05, 0.1) is 18.2 Å². The Morgan fingerprint density at radius 1 is 1.23 bits per heavy atom. The zero-order valence-electron chi connectivity index (χ0n) is 12.3. The summed E-state index contributed by atoms with van der Waals surface area (Å²) in [5, 5.41) is 1.78. The van der Waals surface area contributed by atoms with E-state index >= 15 is 0 Å². The molecule has 3 aromatic heterocycles. The van der Waals surface area contributed by atoms with E-state index in [0.29, 0.717) is 17.6 Å². The number of methoxy groups -OCH3 is 1. The van der Waals surface area contributed by atoms with Crippen LogP contribution in [0.1, 0.15) is 17.3 Å². The Bertz CT molecular complexity index is 1090. The fraction of sp³-hybridized carbons (Fsp3) is 0.176. The summed E-state index contributed by atoms with van der Waals surface area (Å²) >= 11 is 0. The van der Waals surface area contributed by atoms with Crippen LogP contribution in [0.25, 0.3) is 27.5 Å². The standard InChI is InChI=1S/C17H14N2O3/c1-3-18-14-8-10-6-4-5-7-11-12(17(21)22-2)9-13(16(18)20)19(14)15(10)11/h4-9H,3H2,1-2H3. The molecule has 0 radical (unpaired) electrons. The highest BCUT2D eigenvalue weighted by molar-refractivity contribution is 6.11. The number of imidazole rings is 1. The predicted octanol–water partition coefficient (Wildman–Crippen LogP) is 2.65. The van der Waals surface area contributed by atoms with Crippen molar-refractivity contribution in [1.82, 2.24) is 8.97 Å². The molecular formula is C17H14N2O3. The molecule has 0 spiro atoms. The summed E-state index contributed by atoms with van der Waals surface area (Å²) in [6, 6.07) is 11.3. The summed E-state index contributed by atoms with van der Waals surface area (Å²) in [5.41, 5.74) is 2.57. The summed E-state index contributed by atoms with van der Waals surface area (Å²) < 4.78 is 8.54. The molecule has 4 aromatic rings. The fourth-order valence-electron chi connectivity index (χ4n) is 3.23. The number of hydrogen-bond donors (Lipinski definition) is 0. The first-order valence-electron chi connectivity index (χ1n) is 7.14. The van der Waals surface area contributed by atoms with Crippen LogP contribution in [0, 0.1) is 0 Å². The number of carbonyl (C=O) groups is 1. The molecule has 0 atom stereocenters. The molecule has 0 unspecified atom stereocenters. The van der Waals surface area contributed by atoms with Crippen LogP contribution in [-0.4, -0.2) is 22.0 Å². The number of ether oxygens (including phenoxy) is 1. The van der Waals surface area contributed by atoms with Crippen molar-refractivity contribution in [2.24, 2.45) is 0 Å². The van der Waals surface area contributed by atoms with Crippen LogP contribution in [0.4, 0.5) is 0 Å². The lowest BCUT2D eigenvalue weighted by Gasteiger charge is -2.05. The molecule has 110 valence electrons. The molecule has 5 heteroatoms. The lowest BCUT2D eigenvalue weighted by molar-refractivity contribution is 0.0603. The highest BCUT2D eigenvalue weighted by Gasteiger charge is 2.21. The molecule has 0 saturated heterocycles. The third kappa shape index (κ3) is 1.43. The minimum Gasteiger partial charge on any atom is -0.465 e. The third-order valence-electron chi connectivity index (χ3n) is 4.19. The molecule has 0 aliphatic carbocycles. The quantitative estimate of drug-likeness (QED) is 0.534. The van der Waals surface area contributed by atoms with Crippen molar-refractivity contribution in [3.8, 4) is 0 Å². The molecule has 0 N–H and O–H groups in total. The van der Waals surface area contributed by atoms with Crippen molar-refractivity contribution in [2.75, 3.05) is 7.11 Å². The number of rotatable bonds is 2. The highest BCUT2D eigenvalue weighted by Crippen LogP contribution is 2.30. The molecule has 22 heavy (non-hydrogen) atoms. The highest BCUT2D eigenvalue weighted by atomic mass is 16.5. The van der Waals surface area contributed by atoms with Crippen molar-refractivity contribution in [3.05, 3.63) is 52.3 Å². The van der Waals surface area contributed by atoms with E-state index in [2.05, 4.69) is 0 Å². The van der Waals surface area contributed by atoms with Crippen LogP contribution in [0.3, 0.4) is 0 Å². The average molecular weight is 294 g/mol. The normalized spacial score (nSPS) is 11.7. The van der Waals surface area contributed by atoms with Crippen molar-refractivity contribution in [1.29, 1.82) is 0 Å². The minimum atomic E-state index is -0.434. The Kier molecular flexibility index (Phi) is 2.54. The molecule has 0 fully saturated rings. The third-order valence-corrected chi connectivity index (χ3v) is 4.19. The Morgan fingerprint density at radius 2 is 2.00 bits per heavy atom. The predicted molar refractivity (Wildman–Crippen MR) is 84.9 cm³/mol. The van der Waals surface area contributed by atoms with Crippen molar-refractivity contribution >= 4 is 33.4 Å². The van der Waals surface area contributed by atoms with E-state index in [-0.39, 0.29) is 5.56 Å². The number of aromatic nitrogens is 2. The summed E-state index contributed by atoms with van der Waals surface area (Å²) in [4.78, 5) is 24.7. The van der Waals surface area contributed by atoms with Gasteiger partial charge in [-0.2, -0.15) is 0 Å². The molecule has 1 aromatic carbocycles. The molecule has 4 rings (SSSR count). The molecular weight excluding hydrogens is 280 g/mol. The van der Waals surface area contributed by atoms with Gasteiger partial charge in [-0.25, -0.2) is 4.79 Å². The van der Waals surface area contributed by atoms with Crippen molar-refractivity contribution < 1.29 is 9.53 Å². The van der Waals surface area contributed by atoms with Gasteiger partial charge in [-0.05, 0) is 19.1 Å². The second kappa shape index (κ2) is 4.34. The van der Waals surface area contributed by atoms with E-state index < -0.39 is 5.97 Å². The Labute approximate surface area is 125 Å². The van der Waals surface area contributed by atoms with Gasteiger partial charge < -0.3 is 4.74 Å². The van der Waals surface area contributed by atoms with E-state index in [9.17, 15) is 9.59 Å².